The summed E-state index contributed by atoms with van der Waals surface area (Å²) in [6.45, 7) is 0.297. The first-order chi connectivity index (χ1) is 12.5. The minimum atomic E-state index is -0.360. The van der Waals surface area contributed by atoms with Crippen LogP contribution in [0.3, 0.4) is 0 Å². The number of carbonyl (C=O) groups is 1. The van der Waals surface area contributed by atoms with Crippen molar-refractivity contribution in [1.82, 2.24) is 10.6 Å². The molecule has 3 rings (SSSR count). The lowest BCUT2D eigenvalue weighted by Gasteiger charge is -2.20. The summed E-state index contributed by atoms with van der Waals surface area (Å²) >= 11 is 18.3. The minimum absolute atomic E-state index is 0.153. The van der Waals surface area contributed by atoms with Gasteiger partial charge in [-0.2, -0.15) is 0 Å². The first-order valence-corrected chi connectivity index (χ1v) is 9.47. The van der Waals surface area contributed by atoms with Crippen LogP contribution in [0.25, 0.3) is 0 Å². The van der Waals surface area contributed by atoms with E-state index in [0.717, 1.165) is 25.7 Å². The summed E-state index contributed by atoms with van der Waals surface area (Å²) in [5.41, 5.74) is 0.714. The first-order valence-electron chi connectivity index (χ1n) is 8.33. The molecule has 140 valence electrons. The van der Waals surface area contributed by atoms with Crippen molar-refractivity contribution in [3.63, 3.8) is 0 Å². The molecule has 26 heavy (non-hydrogen) atoms. The Labute approximate surface area is 167 Å². The van der Waals surface area contributed by atoms with E-state index in [4.69, 9.17) is 44.3 Å². The van der Waals surface area contributed by atoms with Crippen LogP contribution in [-0.4, -0.2) is 25.7 Å². The maximum atomic E-state index is 12.7. The van der Waals surface area contributed by atoms with E-state index in [1.54, 1.807) is 25.3 Å². The van der Waals surface area contributed by atoms with Gasteiger partial charge in [-0.15, -0.1) is 0 Å². The van der Waals surface area contributed by atoms with Crippen molar-refractivity contribution in [2.24, 2.45) is 0 Å². The predicted octanol–water partition coefficient (Wildman–Crippen LogP) is 4.45. The highest BCUT2D eigenvalue weighted by molar-refractivity contribution is 6.42. The van der Waals surface area contributed by atoms with Crippen LogP contribution in [0.5, 0.6) is 11.5 Å². The number of amides is 1. The molecule has 2 N–H and O–H groups in total. The van der Waals surface area contributed by atoms with Crippen molar-refractivity contribution in [2.45, 2.75) is 31.8 Å². The molecule has 1 saturated carbocycles. The normalized spacial score (nSPS) is 18.0. The number of benzene rings is 1. The van der Waals surface area contributed by atoms with Gasteiger partial charge in [-0.05, 0) is 43.9 Å². The van der Waals surface area contributed by atoms with E-state index in [1.165, 1.54) is 0 Å². The molecule has 5 nitrogen and oxygen atoms in total. The van der Waals surface area contributed by atoms with E-state index >= 15 is 0 Å². The van der Waals surface area contributed by atoms with Crippen LogP contribution in [0, 0.1) is 0 Å². The van der Waals surface area contributed by atoms with E-state index in [2.05, 4.69) is 10.6 Å². The number of allylic oxidation sites excluding steroid dienone is 1. The molecule has 1 heterocycles. The highest BCUT2D eigenvalue weighted by Crippen LogP contribution is 2.33. The summed E-state index contributed by atoms with van der Waals surface area (Å²) in [5.74, 6) is 0.784. The zero-order chi connectivity index (χ0) is 18.7. The molecule has 1 amide bonds. The lowest BCUT2D eigenvalue weighted by molar-refractivity contribution is 0.0965. The van der Waals surface area contributed by atoms with Crippen LogP contribution < -0.4 is 20.1 Å². The SMILES string of the molecule is COc1ccc(C(=O)NC2=C(Cl)CNC(Cl)=C2Cl)cc1OC1CCCC1. The second-order valence-electron chi connectivity index (χ2n) is 6.11. The summed E-state index contributed by atoms with van der Waals surface area (Å²) < 4.78 is 11.4. The molecule has 0 atom stereocenters. The van der Waals surface area contributed by atoms with Gasteiger partial charge in [0.2, 0.25) is 0 Å². The van der Waals surface area contributed by atoms with Crippen molar-refractivity contribution in [1.29, 1.82) is 0 Å². The second-order valence-corrected chi connectivity index (χ2v) is 7.32. The quantitative estimate of drug-likeness (QED) is 0.695. The molecule has 8 heteroatoms. The largest absolute Gasteiger partial charge is 0.493 e. The van der Waals surface area contributed by atoms with E-state index < -0.39 is 0 Å². The van der Waals surface area contributed by atoms with Crippen LogP contribution in [0.15, 0.2) is 39.1 Å². The number of dihydropyridines is 1. The maximum Gasteiger partial charge on any atom is 0.255 e. The number of hydrogen-bond donors (Lipinski definition) is 2. The molecule has 0 bridgehead atoms. The Balaban J connectivity index is 1.81. The third-order valence-electron chi connectivity index (χ3n) is 4.34. The average Bonchev–Trinajstić information content (AvgIpc) is 3.15. The van der Waals surface area contributed by atoms with Crippen molar-refractivity contribution >= 4 is 40.7 Å². The highest BCUT2D eigenvalue weighted by Gasteiger charge is 2.23. The summed E-state index contributed by atoms with van der Waals surface area (Å²) in [7, 11) is 1.57. The van der Waals surface area contributed by atoms with Gasteiger partial charge in [0.05, 0.1) is 30.5 Å². The van der Waals surface area contributed by atoms with Crippen LogP contribution in [-0.2, 0) is 0 Å². The molecule has 1 aliphatic heterocycles. The van der Waals surface area contributed by atoms with Gasteiger partial charge in [0.25, 0.3) is 5.91 Å². The third kappa shape index (κ3) is 4.22. The predicted molar refractivity (Wildman–Crippen MR) is 103 cm³/mol. The van der Waals surface area contributed by atoms with Gasteiger partial charge in [-0.25, -0.2) is 0 Å². The minimum Gasteiger partial charge on any atom is -0.493 e. The van der Waals surface area contributed by atoms with Crippen LogP contribution in [0.4, 0.5) is 0 Å². The number of ether oxygens (including phenoxy) is 2. The molecule has 1 aliphatic carbocycles. The molecule has 1 fully saturated rings. The molecule has 1 aromatic rings. The highest BCUT2D eigenvalue weighted by atomic mass is 35.5. The van der Waals surface area contributed by atoms with Crippen molar-refractivity contribution in [3.8, 4) is 11.5 Å². The second kappa shape index (κ2) is 8.42. The van der Waals surface area contributed by atoms with Gasteiger partial charge < -0.3 is 20.1 Å². The first kappa shape index (κ1) is 19.2. The Morgan fingerprint density at radius 2 is 1.92 bits per heavy atom. The van der Waals surface area contributed by atoms with E-state index in [-0.39, 0.29) is 22.2 Å². The summed E-state index contributed by atoms with van der Waals surface area (Å²) in [5, 5.41) is 6.34. The molecule has 0 unspecified atom stereocenters. The van der Waals surface area contributed by atoms with Crippen molar-refractivity contribution in [2.75, 3.05) is 13.7 Å². The average molecular weight is 418 g/mol. The summed E-state index contributed by atoms with van der Waals surface area (Å²) in [6, 6.07) is 5.04. The van der Waals surface area contributed by atoms with Gasteiger partial charge in [0.15, 0.2) is 11.5 Å². The van der Waals surface area contributed by atoms with E-state index in [1.807, 2.05) is 0 Å². The molecule has 0 aromatic heterocycles. The fourth-order valence-electron chi connectivity index (χ4n) is 2.95. The summed E-state index contributed by atoms with van der Waals surface area (Å²) in [4.78, 5) is 12.7. The number of methoxy groups -OCH3 is 1. The topological polar surface area (TPSA) is 59.6 Å². The lowest BCUT2D eigenvalue weighted by atomic mass is 10.1. The van der Waals surface area contributed by atoms with E-state index in [0.29, 0.717) is 34.3 Å². The lowest BCUT2D eigenvalue weighted by Crippen LogP contribution is -2.29. The third-order valence-corrected chi connectivity index (χ3v) is 5.46. The van der Waals surface area contributed by atoms with Gasteiger partial charge in [0.1, 0.15) is 10.2 Å². The van der Waals surface area contributed by atoms with Crippen molar-refractivity contribution in [3.05, 3.63) is 44.7 Å². The number of rotatable bonds is 5. The fourth-order valence-corrected chi connectivity index (χ4v) is 3.60. The van der Waals surface area contributed by atoms with Crippen molar-refractivity contribution < 1.29 is 14.3 Å². The fraction of sp³-hybridized carbons (Fsp3) is 0.389. The number of nitrogens with one attached hydrogen (secondary N) is 2. The Hall–Kier alpha value is -1.56. The van der Waals surface area contributed by atoms with Crippen LogP contribution >= 0.6 is 34.8 Å². The van der Waals surface area contributed by atoms with Gasteiger partial charge in [-0.3, -0.25) is 4.79 Å². The number of hydrogen-bond acceptors (Lipinski definition) is 4. The molecule has 2 aliphatic rings. The molecule has 0 spiro atoms. The summed E-state index contributed by atoms with van der Waals surface area (Å²) in [6.07, 6.45) is 4.47. The Kier molecular flexibility index (Phi) is 6.22. The van der Waals surface area contributed by atoms with Gasteiger partial charge >= 0.3 is 0 Å². The van der Waals surface area contributed by atoms with Gasteiger partial charge in [-0.1, -0.05) is 34.8 Å². The van der Waals surface area contributed by atoms with Crippen LogP contribution in [0.1, 0.15) is 36.0 Å². The Morgan fingerprint density at radius 1 is 1.19 bits per heavy atom. The monoisotopic (exact) mass is 416 g/mol. The molecule has 0 radical (unpaired) electrons. The number of carbonyl (C=O) groups excluding carboxylic acids is 1. The smallest absolute Gasteiger partial charge is 0.255 e. The Morgan fingerprint density at radius 3 is 2.62 bits per heavy atom. The molecule has 1 aromatic carbocycles. The Bertz CT molecular complexity index is 771. The number of halogens is 3. The standard InChI is InChI=1S/C18H19Cl3N2O3/c1-25-13-7-6-10(8-14(13)26-11-4-2-3-5-11)18(24)23-16-12(19)9-22-17(21)15(16)20/h6-8,11,22H,2-5,9H2,1H3,(H,23,24). The van der Waals surface area contributed by atoms with Gasteiger partial charge in [0, 0.05) is 5.56 Å². The zero-order valence-electron chi connectivity index (χ0n) is 14.2. The van der Waals surface area contributed by atoms with Crippen LogP contribution in [0.2, 0.25) is 0 Å². The molecular weight excluding hydrogens is 399 g/mol. The maximum absolute atomic E-state index is 12.7. The molecular formula is C18H19Cl3N2O3. The molecule has 0 saturated heterocycles. The van der Waals surface area contributed by atoms with E-state index in [9.17, 15) is 4.79 Å². The zero-order valence-corrected chi connectivity index (χ0v) is 16.5.